The highest BCUT2D eigenvalue weighted by molar-refractivity contribution is 5.71. The largest absolute Gasteiger partial charge is 0.496 e. The van der Waals surface area contributed by atoms with Crippen molar-refractivity contribution in [2.45, 2.75) is 39.2 Å². The number of benzene rings is 1. The number of carbonyl (C=O) groups is 1. The molecule has 118 valence electrons. The number of methoxy groups -OCH3 is 1. The highest BCUT2D eigenvalue weighted by Gasteiger charge is 2.16. The first-order valence-electron chi connectivity index (χ1n) is 7.56. The van der Waals surface area contributed by atoms with Gasteiger partial charge in [0.2, 0.25) is 0 Å². The molecule has 0 N–H and O–H groups in total. The Balaban J connectivity index is 2.47. The van der Waals surface area contributed by atoms with E-state index in [1.165, 1.54) is 0 Å². The molecule has 0 saturated carbocycles. The van der Waals surface area contributed by atoms with E-state index in [1.54, 1.807) is 7.11 Å². The SMILES string of the molecule is CCCCOC(=O)CN(C)C(C)Cc1ccccc1OC. The molecule has 0 spiro atoms. The van der Waals surface area contributed by atoms with Gasteiger partial charge in [0, 0.05) is 6.04 Å². The second kappa shape index (κ2) is 9.40. The summed E-state index contributed by atoms with van der Waals surface area (Å²) in [5.41, 5.74) is 1.15. The van der Waals surface area contributed by atoms with Gasteiger partial charge >= 0.3 is 5.97 Å². The Morgan fingerprint density at radius 1 is 1.33 bits per heavy atom. The summed E-state index contributed by atoms with van der Waals surface area (Å²) in [7, 11) is 3.62. The summed E-state index contributed by atoms with van der Waals surface area (Å²) in [5.74, 6) is 0.737. The topological polar surface area (TPSA) is 38.8 Å². The van der Waals surface area contributed by atoms with Crippen LogP contribution in [0.25, 0.3) is 0 Å². The van der Waals surface area contributed by atoms with Crippen LogP contribution in [0.3, 0.4) is 0 Å². The molecule has 0 fully saturated rings. The minimum Gasteiger partial charge on any atom is -0.496 e. The van der Waals surface area contributed by atoms with E-state index >= 15 is 0 Å². The predicted molar refractivity (Wildman–Crippen MR) is 84.7 cm³/mol. The molecule has 21 heavy (non-hydrogen) atoms. The lowest BCUT2D eigenvalue weighted by atomic mass is 10.1. The molecule has 0 saturated heterocycles. The highest BCUT2D eigenvalue weighted by Crippen LogP contribution is 2.20. The molecule has 0 bridgehead atoms. The van der Waals surface area contributed by atoms with E-state index < -0.39 is 0 Å². The Kier molecular flexibility index (Phi) is 7.83. The molecule has 0 radical (unpaired) electrons. The lowest BCUT2D eigenvalue weighted by molar-refractivity contribution is -0.145. The van der Waals surface area contributed by atoms with Crippen LogP contribution in [0.15, 0.2) is 24.3 Å². The van der Waals surface area contributed by atoms with Gasteiger partial charge < -0.3 is 9.47 Å². The van der Waals surface area contributed by atoms with Gasteiger partial charge in [0.25, 0.3) is 0 Å². The summed E-state index contributed by atoms with van der Waals surface area (Å²) < 4.78 is 10.6. The fourth-order valence-electron chi connectivity index (χ4n) is 2.08. The van der Waals surface area contributed by atoms with Crippen LogP contribution in [0, 0.1) is 0 Å². The number of hydrogen-bond acceptors (Lipinski definition) is 4. The third-order valence-electron chi connectivity index (χ3n) is 3.60. The summed E-state index contributed by atoms with van der Waals surface area (Å²) in [6.45, 7) is 5.02. The zero-order valence-electron chi connectivity index (χ0n) is 13.6. The van der Waals surface area contributed by atoms with Crippen molar-refractivity contribution in [3.05, 3.63) is 29.8 Å². The highest BCUT2D eigenvalue weighted by atomic mass is 16.5. The number of nitrogens with zero attached hydrogens (tertiary/aromatic N) is 1. The van der Waals surface area contributed by atoms with E-state index in [9.17, 15) is 4.79 Å². The van der Waals surface area contributed by atoms with E-state index in [1.807, 2.05) is 30.1 Å². The lowest BCUT2D eigenvalue weighted by Gasteiger charge is -2.24. The van der Waals surface area contributed by atoms with Crippen molar-refractivity contribution in [3.8, 4) is 5.75 Å². The average Bonchev–Trinajstić information content (AvgIpc) is 2.48. The first-order chi connectivity index (χ1) is 10.1. The Hall–Kier alpha value is -1.55. The van der Waals surface area contributed by atoms with E-state index in [4.69, 9.17) is 9.47 Å². The molecule has 0 amide bonds. The van der Waals surface area contributed by atoms with Crippen LogP contribution in [-0.4, -0.2) is 44.2 Å². The molecule has 1 rings (SSSR count). The standard InChI is InChI=1S/C17H27NO3/c1-5-6-11-21-17(19)13-18(3)14(2)12-15-9-7-8-10-16(15)20-4/h7-10,14H,5-6,11-13H2,1-4H3. The molecule has 0 aliphatic heterocycles. The van der Waals surface area contributed by atoms with E-state index in [0.717, 1.165) is 30.6 Å². The number of hydrogen-bond donors (Lipinski definition) is 0. The Morgan fingerprint density at radius 3 is 2.71 bits per heavy atom. The minimum absolute atomic E-state index is 0.155. The summed E-state index contributed by atoms with van der Waals surface area (Å²) in [6.07, 6.45) is 2.79. The van der Waals surface area contributed by atoms with Crippen LogP contribution in [-0.2, 0) is 16.0 Å². The second-order valence-corrected chi connectivity index (χ2v) is 5.35. The molecule has 1 unspecified atom stereocenters. The van der Waals surface area contributed by atoms with Crippen molar-refractivity contribution in [1.82, 2.24) is 4.90 Å². The van der Waals surface area contributed by atoms with Crippen molar-refractivity contribution in [2.75, 3.05) is 27.3 Å². The number of esters is 1. The van der Waals surface area contributed by atoms with Crippen LogP contribution < -0.4 is 4.74 Å². The normalized spacial score (nSPS) is 12.2. The van der Waals surface area contributed by atoms with Crippen molar-refractivity contribution in [2.24, 2.45) is 0 Å². The summed E-state index contributed by atoms with van der Waals surface area (Å²) in [6, 6.07) is 8.22. The number of unbranched alkanes of at least 4 members (excludes halogenated alkanes) is 1. The fraction of sp³-hybridized carbons (Fsp3) is 0.588. The van der Waals surface area contributed by atoms with Gasteiger partial charge in [-0.25, -0.2) is 0 Å². The lowest BCUT2D eigenvalue weighted by Crippen LogP contribution is -2.36. The van der Waals surface area contributed by atoms with Crippen molar-refractivity contribution < 1.29 is 14.3 Å². The number of likely N-dealkylation sites (N-methyl/N-ethyl adjacent to an activating group) is 1. The number of carbonyl (C=O) groups excluding carboxylic acids is 1. The first-order valence-corrected chi connectivity index (χ1v) is 7.56. The average molecular weight is 293 g/mol. The molecule has 4 nitrogen and oxygen atoms in total. The third kappa shape index (κ3) is 6.17. The second-order valence-electron chi connectivity index (χ2n) is 5.35. The van der Waals surface area contributed by atoms with Crippen molar-refractivity contribution in [3.63, 3.8) is 0 Å². The molecular weight excluding hydrogens is 266 g/mol. The summed E-state index contributed by atoms with van der Waals surface area (Å²) >= 11 is 0. The Bertz CT molecular complexity index is 434. The van der Waals surface area contributed by atoms with E-state index in [2.05, 4.69) is 19.9 Å². The third-order valence-corrected chi connectivity index (χ3v) is 3.60. The number of ether oxygens (including phenoxy) is 2. The molecular formula is C17H27NO3. The van der Waals surface area contributed by atoms with Gasteiger partial charge in [-0.15, -0.1) is 0 Å². The van der Waals surface area contributed by atoms with Crippen LogP contribution in [0.4, 0.5) is 0 Å². The van der Waals surface area contributed by atoms with E-state index in [0.29, 0.717) is 13.2 Å². The van der Waals surface area contributed by atoms with Crippen LogP contribution in [0.2, 0.25) is 0 Å². The summed E-state index contributed by atoms with van der Waals surface area (Å²) in [4.78, 5) is 13.7. The van der Waals surface area contributed by atoms with Crippen molar-refractivity contribution >= 4 is 5.97 Å². The Morgan fingerprint density at radius 2 is 2.05 bits per heavy atom. The Labute approximate surface area is 128 Å². The molecule has 4 heteroatoms. The summed E-state index contributed by atoms with van der Waals surface area (Å²) in [5, 5.41) is 0. The molecule has 1 aromatic rings. The maximum absolute atomic E-state index is 11.7. The van der Waals surface area contributed by atoms with Gasteiger partial charge in [-0.3, -0.25) is 9.69 Å². The maximum Gasteiger partial charge on any atom is 0.320 e. The molecule has 0 heterocycles. The fourth-order valence-corrected chi connectivity index (χ4v) is 2.08. The smallest absolute Gasteiger partial charge is 0.320 e. The number of rotatable bonds is 9. The van der Waals surface area contributed by atoms with Crippen LogP contribution in [0.5, 0.6) is 5.75 Å². The molecule has 0 aromatic heterocycles. The monoisotopic (exact) mass is 293 g/mol. The molecule has 1 aromatic carbocycles. The zero-order valence-corrected chi connectivity index (χ0v) is 13.6. The molecule has 0 aliphatic rings. The van der Waals surface area contributed by atoms with Gasteiger partial charge in [0.05, 0.1) is 20.3 Å². The molecule has 0 aliphatic carbocycles. The first kappa shape index (κ1) is 17.5. The van der Waals surface area contributed by atoms with E-state index in [-0.39, 0.29) is 12.0 Å². The maximum atomic E-state index is 11.7. The van der Waals surface area contributed by atoms with Crippen molar-refractivity contribution in [1.29, 1.82) is 0 Å². The minimum atomic E-state index is -0.155. The van der Waals surface area contributed by atoms with Gasteiger partial charge in [-0.2, -0.15) is 0 Å². The van der Waals surface area contributed by atoms with Crippen LogP contribution >= 0.6 is 0 Å². The quantitative estimate of drug-likeness (QED) is 0.518. The van der Waals surface area contributed by atoms with Gasteiger partial charge in [-0.05, 0) is 38.4 Å². The van der Waals surface area contributed by atoms with Gasteiger partial charge in [0.15, 0.2) is 0 Å². The number of para-hydroxylation sites is 1. The van der Waals surface area contributed by atoms with Gasteiger partial charge in [0.1, 0.15) is 5.75 Å². The molecule has 1 atom stereocenters. The predicted octanol–water partition coefficient (Wildman–Crippen LogP) is 2.90. The zero-order chi connectivity index (χ0) is 15.7. The van der Waals surface area contributed by atoms with Gasteiger partial charge in [-0.1, -0.05) is 31.5 Å². The van der Waals surface area contributed by atoms with Crippen LogP contribution in [0.1, 0.15) is 32.3 Å².